The minimum absolute atomic E-state index is 0.118. The highest BCUT2D eigenvalue weighted by molar-refractivity contribution is 9.10. The predicted octanol–water partition coefficient (Wildman–Crippen LogP) is 3.98. The van der Waals surface area contributed by atoms with Crippen LogP contribution < -0.4 is 9.62 Å². The maximum absolute atomic E-state index is 13.0. The third-order valence-electron chi connectivity index (χ3n) is 4.60. The highest BCUT2D eigenvalue weighted by atomic mass is 79.9. The van der Waals surface area contributed by atoms with E-state index in [0.717, 1.165) is 16.5 Å². The lowest BCUT2D eigenvalue weighted by molar-refractivity contribution is 0.0952. The lowest BCUT2D eigenvalue weighted by Gasteiger charge is -2.20. The van der Waals surface area contributed by atoms with Crippen LogP contribution in [0.4, 0.5) is 5.69 Å². The van der Waals surface area contributed by atoms with Crippen molar-refractivity contribution in [3.05, 3.63) is 58.1 Å². The van der Waals surface area contributed by atoms with Crippen molar-refractivity contribution in [1.82, 2.24) is 5.32 Å². The second-order valence-corrected chi connectivity index (χ2v) is 9.84. The zero-order valence-electron chi connectivity index (χ0n) is 15.4. The van der Waals surface area contributed by atoms with E-state index in [4.69, 9.17) is 0 Å². The number of sulfonamides is 1. The molecule has 144 valence electrons. The fraction of sp³-hybridized carbons (Fsp3) is 0.350. The molecule has 27 heavy (non-hydrogen) atoms. The number of anilines is 1. The number of nitrogens with zero attached hydrogens (tertiary/aromatic N) is 1. The molecule has 0 unspecified atom stereocenters. The van der Waals surface area contributed by atoms with Crippen LogP contribution in [0.15, 0.2) is 51.8 Å². The molecule has 1 aliphatic heterocycles. The minimum Gasteiger partial charge on any atom is -0.352 e. The normalized spacial score (nSPS) is 13.7. The van der Waals surface area contributed by atoms with Gasteiger partial charge in [0.2, 0.25) is 0 Å². The summed E-state index contributed by atoms with van der Waals surface area (Å²) in [4.78, 5) is 12.6. The zero-order chi connectivity index (χ0) is 19.6. The van der Waals surface area contributed by atoms with Gasteiger partial charge in [-0.05, 0) is 66.8 Å². The van der Waals surface area contributed by atoms with Gasteiger partial charge in [-0.3, -0.25) is 9.10 Å². The van der Waals surface area contributed by atoms with E-state index in [1.54, 1.807) is 42.5 Å². The van der Waals surface area contributed by atoms with Crippen LogP contribution in [0.25, 0.3) is 0 Å². The lowest BCUT2D eigenvalue weighted by atomic mass is 10.1. The molecule has 1 N–H and O–H groups in total. The Morgan fingerprint density at radius 1 is 1.19 bits per heavy atom. The third kappa shape index (κ3) is 4.35. The van der Waals surface area contributed by atoms with E-state index in [1.807, 2.05) is 0 Å². The summed E-state index contributed by atoms with van der Waals surface area (Å²) in [5.41, 5.74) is 2.10. The van der Waals surface area contributed by atoms with Gasteiger partial charge in [-0.15, -0.1) is 0 Å². The number of hydrogen-bond acceptors (Lipinski definition) is 3. The van der Waals surface area contributed by atoms with Gasteiger partial charge in [0.05, 0.1) is 10.6 Å². The molecule has 0 aliphatic carbocycles. The van der Waals surface area contributed by atoms with Crippen LogP contribution in [0.5, 0.6) is 0 Å². The Morgan fingerprint density at radius 3 is 2.56 bits per heavy atom. The van der Waals surface area contributed by atoms with Gasteiger partial charge in [-0.1, -0.05) is 29.8 Å². The molecular weight excluding hydrogens is 428 g/mol. The van der Waals surface area contributed by atoms with Crippen molar-refractivity contribution in [3.63, 3.8) is 0 Å². The molecule has 1 heterocycles. The molecular formula is C20H23BrN2O3S. The molecule has 0 atom stereocenters. The smallest absolute Gasteiger partial charge is 0.264 e. The van der Waals surface area contributed by atoms with Crippen molar-refractivity contribution in [2.24, 2.45) is 5.92 Å². The van der Waals surface area contributed by atoms with Crippen molar-refractivity contribution in [2.45, 2.75) is 31.6 Å². The molecule has 1 aliphatic rings. The molecule has 0 saturated carbocycles. The minimum atomic E-state index is -3.61. The highest BCUT2D eigenvalue weighted by Gasteiger charge is 2.31. The van der Waals surface area contributed by atoms with E-state index < -0.39 is 10.0 Å². The van der Waals surface area contributed by atoms with Gasteiger partial charge in [-0.25, -0.2) is 8.42 Å². The average Bonchev–Trinajstić information content (AvgIpc) is 3.05. The van der Waals surface area contributed by atoms with Crippen molar-refractivity contribution >= 4 is 37.5 Å². The number of carbonyl (C=O) groups excluding carboxylic acids is 1. The Balaban J connectivity index is 1.80. The maximum Gasteiger partial charge on any atom is 0.264 e. The number of benzene rings is 2. The number of amides is 1. The Morgan fingerprint density at radius 2 is 1.89 bits per heavy atom. The van der Waals surface area contributed by atoms with Gasteiger partial charge >= 0.3 is 0 Å². The largest absolute Gasteiger partial charge is 0.352 e. The summed E-state index contributed by atoms with van der Waals surface area (Å²) in [5.74, 6) is 0.412. The molecule has 0 bridgehead atoms. The molecule has 0 aromatic heterocycles. The quantitative estimate of drug-likeness (QED) is 0.723. The summed E-state index contributed by atoms with van der Waals surface area (Å²) in [7, 11) is -3.61. The predicted molar refractivity (Wildman–Crippen MR) is 111 cm³/mol. The van der Waals surface area contributed by atoms with E-state index >= 15 is 0 Å². The van der Waals surface area contributed by atoms with Crippen LogP contribution in [-0.2, 0) is 16.4 Å². The van der Waals surface area contributed by atoms with Crippen LogP contribution >= 0.6 is 15.9 Å². The fourth-order valence-corrected chi connectivity index (χ4v) is 4.84. The molecule has 0 fully saturated rings. The highest BCUT2D eigenvalue weighted by Crippen LogP contribution is 2.33. The van der Waals surface area contributed by atoms with Gasteiger partial charge in [-0.2, -0.15) is 0 Å². The first-order chi connectivity index (χ1) is 12.8. The SMILES string of the molecule is CC(C)CCNC(=O)c1ccc2c(c1)CCN2S(=O)(=O)c1ccc(Br)cc1. The number of hydrogen-bond donors (Lipinski definition) is 1. The standard InChI is InChI=1S/C20H23BrN2O3S/c1-14(2)9-11-22-20(24)16-3-8-19-15(13-16)10-12-23(19)27(25,26)18-6-4-17(21)5-7-18/h3-8,13-14H,9-12H2,1-2H3,(H,22,24). The summed E-state index contributed by atoms with van der Waals surface area (Å²) in [6.07, 6.45) is 1.52. The van der Waals surface area contributed by atoms with E-state index in [-0.39, 0.29) is 10.8 Å². The molecule has 1 amide bonds. The Bertz CT molecular complexity index is 940. The first-order valence-electron chi connectivity index (χ1n) is 8.98. The Labute approximate surface area is 169 Å². The number of halogens is 1. The Kier molecular flexibility index (Phi) is 5.91. The van der Waals surface area contributed by atoms with Crippen LogP contribution in [0.2, 0.25) is 0 Å². The number of rotatable bonds is 6. The topological polar surface area (TPSA) is 66.5 Å². The molecule has 2 aromatic carbocycles. The molecule has 0 saturated heterocycles. The molecule has 5 nitrogen and oxygen atoms in total. The zero-order valence-corrected chi connectivity index (χ0v) is 17.8. The summed E-state index contributed by atoms with van der Waals surface area (Å²) in [6, 6.07) is 11.8. The van der Waals surface area contributed by atoms with Gasteiger partial charge in [0.25, 0.3) is 15.9 Å². The molecule has 7 heteroatoms. The average molecular weight is 451 g/mol. The van der Waals surface area contributed by atoms with Gasteiger partial charge < -0.3 is 5.32 Å². The van der Waals surface area contributed by atoms with Crippen molar-refractivity contribution in [3.8, 4) is 0 Å². The van der Waals surface area contributed by atoms with Crippen LogP contribution in [0, 0.1) is 5.92 Å². The molecule has 2 aromatic rings. The lowest BCUT2D eigenvalue weighted by Crippen LogP contribution is -2.29. The second-order valence-electron chi connectivity index (χ2n) is 7.06. The monoisotopic (exact) mass is 450 g/mol. The number of carbonyl (C=O) groups is 1. The first-order valence-corrected chi connectivity index (χ1v) is 11.2. The van der Waals surface area contributed by atoms with E-state index in [2.05, 4.69) is 35.1 Å². The van der Waals surface area contributed by atoms with E-state index in [1.165, 1.54) is 4.31 Å². The summed E-state index contributed by atoms with van der Waals surface area (Å²) in [5, 5.41) is 2.92. The number of fused-ring (bicyclic) bond motifs is 1. The van der Waals surface area contributed by atoms with Crippen molar-refractivity contribution in [1.29, 1.82) is 0 Å². The Hall–Kier alpha value is -1.86. The molecule has 3 rings (SSSR count). The molecule has 0 radical (unpaired) electrons. The van der Waals surface area contributed by atoms with Crippen LogP contribution in [0.3, 0.4) is 0 Å². The fourth-order valence-electron chi connectivity index (χ4n) is 3.07. The summed E-state index contributed by atoms with van der Waals surface area (Å²) in [6.45, 7) is 5.24. The van der Waals surface area contributed by atoms with Crippen LogP contribution in [-0.4, -0.2) is 27.4 Å². The van der Waals surface area contributed by atoms with Gasteiger partial charge in [0.15, 0.2) is 0 Å². The van der Waals surface area contributed by atoms with E-state index in [9.17, 15) is 13.2 Å². The van der Waals surface area contributed by atoms with Gasteiger partial charge in [0, 0.05) is 23.1 Å². The number of nitrogens with one attached hydrogen (secondary N) is 1. The summed E-state index contributed by atoms with van der Waals surface area (Å²) >= 11 is 3.32. The summed E-state index contributed by atoms with van der Waals surface area (Å²) < 4.78 is 28.2. The third-order valence-corrected chi connectivity index (χ3v) is 6.96. The van der Waals surface area contributed by atoms with Crippen molar-refractivity contribution < 1.29 is 13.2 Å². The van der Waals surface area contributed by atoms with Crippen molar-refractivity contribution in [2.75, 3.05) is 17.4 Å². The van der Waals surface area contributed by atoms with E-state index in [0.29, 0.717) is 36.7 Å². The second kappa shape index (κ2) is 8.02. The van der Waals surface area contributed by atoms with Crippen LogP contribution in [0.1, 0.15) is 36.2 Å². The maximum atomic E-state index is 13.0. The first kappa shape index (κ1) is 19.9. The molecule has 0 spiro atoms. The van der Waals surface area contributed by atoms with Gasteiger partial charge in [0.1, 0.15) is 0 Å².